The molecule has 1 N–H and O–H groups in total. The highest BCUT2D eigenvalue weighted by atomic mass is 19.1. The number of methoxy groups -OCH3 is 1. The van der Waals surface area contributed by atoms with Gasteiger partial charge in [0.25, 0.3) is 0 Å². The molecular weight excluding hydrogens is 409 g/mol. The number of hydrogen-bond acceptors (Lipinski definition) is 6. The number of nitrogens with zero attached hydrogens (tertiary/aromatic N) is 4. The summed E-state index contributed by atoms with van der Waals surface area (Å²) < 4.78 is 28.3. The Labute approximate surface area is 187 Å². The lowest BCUT2D eigenvalue weighted by molar-refractivity contribution is 0.0191. The van der Waals surface area contributed by atoms with Crippen LogP contribution in [0.15, 0.2) is 30.5 Å². The molecule has 0 bridgehead atoms. The lowest BCUT2D eigenvalue weighted by atomic mass is 10.2. The van der Waals surface area contributed by atoms with Gasteiger partial charge in [-0.05, 0) is 51.0 Å². The van der Waals surface area contributed by atoms with Gasteiger partial charge in [0.15, 0.2) is 5.82 Å². The molecule has 4 heterocycles. The second-order valence-electron chi connectivity index (χ2n) is 8.78. The van der Waals surface area contributed by atoms with Crippen LogP contribution in [0.2, 0.25) is 0 Å². The lowest BCUT2D eigenvalue weighted by Gasteiger charge is -2.27. The number of benzene rings is 1. The fraction of sp³-hybridized carbons (Fsp3) is 0.500. The normalized spacial score (nSPS) is 23.8. The maximum absolute atomic E-state index is 14.7. The Kier molecular flexibility index (Phi) is 5.73. The van der Waals surface area contributed by atoms with E-state index >= 15 is 0 Å². The summed E-state index contributed by atoms with van der Waals surface area (Å²) in [6.07, 6.45) is 4.16. The molecule has 170 valence electrons. The molecule has 0 unspecified atom stereocenters. The zero-order valence-corrected chi connectivity index (χ0v) is 18.8. The minimum Gasteiger partial charge on any atom is -0.494 e. The first-order chi connectivity index (χ1) is 15.6. The summed E-state index contributed by atoms with van der Waals surface area (Å²) in [5, 5.41) is 3.36. The van der Waals surface area contributed by atoms with Gasteiger partial charge in [0.2, 0.25) is 0 Å². The molecule has 2 aliphatic rings. The Morgan fingerprint density at radius 2 is 2.00 bits per heavy atom. The summed E-state index contributed by atoms with van der Waals surface area (Å²) in [6.45, 7) is 7.25. The summed E-state index contributed by atoms with van der Waals surface area (Å²) in [5.41, 5.74) is 1.78. The predicted octanol–water partition coefficient (Wildman–Crippen LogP) is 3.61. The Morgan fingerprint density at radius 1 is 1.19 bits per heavy atom. The third kappa shape index (κ3) is 3.71. The van der Waals surface area contributed by atoms with E-state index in [1.807, 2.05) is 22.9 Å². The molecule has 0 radical (unpaired) electrons. The van der Waals surface area contributed by atoms with Gasteiger partial charge in [0, 0.05) is 36.9 Å². The maximum Gasteiger partial charge on any atom is 0.151 e. The molecule has 0 spiro atoms. The van der Waals surface area contributed by atoms with Crippen molar-refractivity contribution >= 4 is 16.9 Å². The van der Waals surface area contributed by atoms with Crippen molar-refractivity contribution in [2.45, 2.75) is 51.4 Å². The van der Waals surface area contributed by atoms with E-state index < -0.39 is 0 Å². The third-order valence-corrected chi connectivity index (χ3v) is 6.64. The summed E-state index contributed by atoms with van der Waals surface area (Å²) in [6, 6.07) is 8.07. The molecular formula is C24H30FN5O2. The van der Waals surface area contributed by atoms with Crippen molar-refractivity contribution in [1.29, 1.82) is 0 Å². The Morgan fingerprint density at radius 3 is 2.66 bits per heavy atom. The summed E-state index contributed by atoms with van der Waals surface area (Å²) in [7, 11) is 1.59. The maximum atomic E-state index is 14.7. The molecule has 3 atom stereocenters. The van der Waals surface area contributed by atoms with Crippen molar-refractivity contribution in [3.8, 4) is 17.1 Å². The van der Waals surface area contributed by atoms with Gasteiger partial charge in [0.05, 0.1) is 26.4 Å². The third-order valence-electron chi connectivity index (χ3n) is 6.64. The number of hydrogen-bond donors (Lipinski definition) is 1. The van der Waals surface area contributed by atoms with Crippen LogP contribution >= 0.6 is 0 Å². The number of nitrogens with one attached hydrogen (secondary N) is 1. The molecule has 3 aromatic rings. The van der Waals surface area contributed by atoms with Crippen LogP contribution in [0.1, 0.15) is 26.7 Å². The van der Waals surface area contributed by atoms with Crippen molar-refractivity contribution in [3.05, 3.63) is 36.3 Å². The molecule has 0 saturated carbocycles. The largest absolute Gasteiger partial charge is 0.494 e. The van der Waals surface area contributed by atoms with Gasteiger partial charge in [-0.1, -0.05) is 0 Å². The Hall–Kier alpha value is -2.71. The zero-order valence-electron chi connectivity index (χ0n) is 18.8. The Bertz CT molecular complexity index is 1080. The van der Waals surface area contributed by atoms with Crippen LogP contribution in [-0.4, -0.2) is 59.5 Å². The van der Waals surface area contributed by atoms with Crippen molar-refractivity contribution in [3.63, 3.8) is 0 Å². The van der Waals surface area contributed by atoms with E-state index in [1.165, 1.54) is 18.9 Å². The second kappa shape index (κ2) is 8.67. The average Bonchev–Trinajstić information content (AvgIpc) is 3.36. The summed E-state index contributed by atoms with van der Waals surface area (Å²) >= 11 is 0. The van der Waals surface area contributed by atoms with Crippen LogP contribution in [-0.2, 0) is 11.3 Å². The molecule has 0 amide bonds. The van der Waals surface area contributed by atoms with Crippen molar-refractivity contribution in [2.24, 2.45) is 0 Å². The number of rotatable bonds is 5. The molecule has 2 aliphatic heterocycles. The molecule has 7 nitrogen and oxygen atoms in total. The van der Waals surface area contributed by atoms with E-state index in [1.54, 1.807) is 13.2 Å². The first-order valence-corrected chi connectivity index (χ1v) is 11.4. The molecule has 32 heavy (non-hydrogen) atoms. The summed E-state index contributed by atoms with van der Waals surface area (Å²) in [4.78, 5) is 11.8. The van der Waals surface area contributed by atoms with Crippen LogP contribution in [0.5, 0.6) is 5.75 Å². The second-order valence-corrected chi connectivity index (χ2v) is 8.78. The van der Waals surface area contributed by atoms with Gasteiger partial charge in [-0.2, -0.15) is 0 Å². The highest BCUT2D eigenvalue weighted by Crippen LogP contribution is 2.34. The quantitative estimate of drug-likeness (QED) is 0.655. The van der Waals surface area contributed by atoms with Gasteiger partial charge >= 0.3 is 0 Å². The fourth-order valence-electron chi connectivity index (χ4n) is 5.00. The number of morpholine rings is 1. The lowest BCUT2D eigenvalue weighted by Crippen LogP contribution is -2.40. The van der Waals surface area contributed by atoms with Gasteiger partial charge in [-0.25, -0.2) is 14.4 Å². The molecule has 2 aromatic heterocycles. The number of anilines is 1. The first kappa shape index (κ1) is 21.2. The minimum atomic E-state index is -0.368. The molecule has 5 rings (SSSR count). The fourth-order valence-corrected chi connectivity index (χ4v) is 5.00. The highest BCUT2D eigenvalue weighted by Gasteiger charge is 2.29. The molecule has 1 aromatic carbocycles. The molecule has 2 saturated heterocycles. The van der Waals surface area contributed by atoms with Gasteiger partial charge < -0.3 is 24.3 Å². The SMILES string of the molecule is COc1ccc(F)c2nc(-c3ccc(N4[C@@H](C)CC[C@@H]4C)nc3)n(C[C@@H]3CNCCO3)c12. The predicted molar refractivity (Wildman–Crippen MR) is 123 cm³/mol. The van der Waals surface area contributed by atoms with E-state index in [4.69, 9.17) is 19.4 Å². The van der Waals surface area contributed by atoms with Crippen LogP contribution in [0, 0.1) is 5.82 Å². The van der Waals surface area contributed by atoms with Crippen LogP contribution in [0.3, 0.4) is 0 Å². The standard InChI is InChI=1S/C24H30FN5O2/c1-15-4-5-16(2)30(15)21-9-6-17(12-27-21)24-28-22-19(25)7-8-20(31-3)23(22)29(24)14-18-13-26-10-11-32-18/h6-9,12,15-16,18,26H,4-5,10-11,13-14H2,1-3H3/t15-,16-,18-/m0/s1. The first-order valence-electron chi connectivity index (χ1n) is 11.4. The van der Waals surface area contributed by atoms with Crippen molar-refractivity contribution < 1.29 is 13.9 Å². The van der Waals surface area contributed by atoms with Crippen LogP contribution in [0.25, 0.3) is 22.4 Å². The minimum absolute atomic E-state index is 0.0357. The average molecular weight is 440 g/mol. The highest BCUT2D eigenvalue weighted by molar-refractivity contribution is 5.86. The number of imidazole rings is 1. The molecule has 2 fully saturated rings. The molecule has 8 heteroatoms. The number of halogens is 1. The topological polar surface area (TPSA) is 64.4 Å². The van der Waals surface area contributed by atoms with E-state index in [-0.39, 0.29) is 11.9 Å². The number of ether oxygens (including phenoxy) is 2. The van der Waals surface area contributed by atoms with Gasteiger partial charge in [-0.15, -0.1) is 0 Å². The van der Waals surface area contributed by atoms with E-state index in [0.717, 1.165) is 24.5 Å². The van der Waals surface area contributed by atoms with Crippen molar-refractivity contribution in [1.82, 2.24) is 19.9 Å². The smallest absolute Gasteiger partial charge is 0.151 e. The van der Waals surface area contributed by atoms with E-state index in [0.29, 0.717) is 47.8 Å². The Balaban J connectivity index is 1.58. The monoisotopic (exact) mass is 439 g/mol. The number of fused-ring (bicyclic) bond motifs is 1. The van der Waals surface area contributed by atoms with E-state index in [9.17, 15) is 4.39 Å². The van der Waals surface area contributed by atoms with E-state index in [2.05, 4.69) is 24.1 Å². The van der Waals surface area contributed by atoms with Crippen molar-refractivity contribution in [2.75, 3.05) is 31.7 Å². The van der Waals surface area contributed by atoms with Gasteiger partial charge in [0.1, 0.15) is 28.4 Å². The summed E-state index contributed by atoms with van der Waals surface area (Å²) in [5.74, 6) is 1.86. The van der Waals surface area contributed by atoms with Crippen LogP contribution < -0.4 is 15.0 Å². The number of aromatic nitrogens is 3. The number of pyridine rings is 1. The zero-order chi connectivity index (χ0) is 22.2. The van der Waals surface area contributed by atoms with Crippen LogP contribution in [0.4, 0.5) is 10.2 Å². The molecule has 0 aliphatic carbocycles. The van der Waals surface area contributed by atoms with Gasteiger partial charge in [-0.3, -0.25) is 0 Å².